The van der Waals surface area contributed by atoms with Gasteiger partial charge in [-0.2, -0.15) is 0 Å². The highest BCUT2D eigenvalue weighted by molar-refractivity contribution is 5.81. The van der Waals surface area contributed by atoms with Crippen LogP contribution in [0.2, 0.25) is 0 Å². The van der Waals surface area contributed by atoms with Crippen molar-refractivity contribution in [3.63, 3.8) is 0 Å². The minimum absolute atomic E-state index is 0.0259. The molecule has 0 spiro atoms. The van der Waals surface area contributed by atoms with E-state index in [2.05, 4.69) is 34.1 Å². The molecule has 2 aromatic rings. The lowest BCUT2D eigenvalue weighted by Crippen LogP contribution is -2.56. The number of methoxy groups -OCH3 is 1. The second kappa shape index (κ2) is 9.58. The first-order valence-corrected chi connectivity index (χ1v) is 10.8. The normalized spacial score (nSPS) is 23.8. The second-order valence-electron chi connectivity index (χ2n) is 8.02. The molecule has 1 N–H and O–H groups in total. The second-order valence-corrected chi connectivity index (χ2v) is 8.02. The molecule has 2 heterocycles. The largest absolute Gasteiger partial charge is 0.487 e. The van der Waals surface area contributed by atoms with Crippen LogP contribution < -0.4 is 14.4 Å². The summed E-state index contributed by atoms with van der Waals surface area (Å²) >= 11 is 0. The zero-order chi connectivity index (χ0) is 21.7. The fraction of sp³-hybridized carbons (Fsp3) is 0.458. The number of carbonyl (C=O) groups is 1. The standard InChI is InChI=1S/C24H30N2O5/c1-29-23(28)24(22(27)18-30-20-10-5-6-11-21(20)31-24)12-7-13-25-14-16-26(17-15-25)19-8-3-2-4-9-19/h2-6,8-11,22,27H,7,12-18H2,1H3. The predicted octanol–water partition coefficient (Wildman–Crippen LogP) is 2.33. The van der Waals surface area contributed by atoms with Crippen molar-refractivity contribution in [2.45, 2.75) is 24.5 Å². The number of esters is 1. The van der Waals surface area contributed by atoms with Crippen molar-refractivity contribution < 1.29 is 24.1 Å². The summed E-state index contributed by atoms with van der Waals surface area (Å²) in [5, 5.41) is 10.8. The lowest BCUT2D eigenvalue weighted by Gasteiger charge is -2.37. The maximum Gasteiger partial charge on any atom is 0.353 e. The molecule has 0 radical (unpaired) electrons. The van der Waals surface area contributed by atoms with E-state index in [9.17, 15) is 9.90 Å². The van der Waals surface area contributed by atoms with Crippen molar-refractivity contribution in [2.24, 2.45) is 0 Å². The Labute approximate surface area is 183 Å². The maximum absolute atomic E-state index is 12.8. The number of piperazine rings is 1. The molecule has 2 atom stereocenters. The molecule has 2 aliphatic rings. The van der Waals surface area contributed by atoms with E-state index in [1.165, 1.54) is 12.8 Å². The van der Waals surface area contributed by atoms with Crippen molar-refractivity contribution in [1.29, 1.82) is 0 Å². The van der Waals surface area contributed by atoms with Gasteiger partial charge in [0.25, 0.3) is 0 Å². The Bertz CT molecular complexity index is 869. The zero-order valence-electron chi connectivity index (χ0n) is 17.9. The third-order valence-electron chi connectivity index (χ3n) is 6.12. The van der Waals surface area contributed by atoms with Gasteiger partial charge in [0.2, 0.25) is 5.60 Å². The number of nitrogens with zero attached hydrogens (tertiary/aromatic N) is 2. The minimum atomic E-state index is -1.48. The van der Waals surface area contributed by atoms with E-state index >= 15 is 0 Å². The summed E-state index contributed by atoms with van der Waals surface area (Å²) < 4.78 is 16.8. The first-order chi connectivity index (χ1) is 15.1. The Balaban J connectivity index is 1.38. The van der Waals surface area contributed by atoms with E-state index < -0.39 is 17.7 Å². The van der Waals surface area contributed by atoms with Crippen molar-refractivity contribution in [3.05, 3.63) is 54.6 Å². The maximum atomic E-state index is 12.8. The lowest BCUT2D eigenvalue weighted by molar-refractivity contribution is -0.172. The van der Waals surface area contributed by atoms with Crippen molar-refractivity contribution >= 4 is 11.7 Å². The Hall–Kier alpha value is -2.77. The summed E-state index contributed by atoms with van der Waals surface area (Å²) in [5.41, 5.74) is -0.229. The SMILES string of the molecule is COC(=O)C1(CCCN2CCN(c3ccccc3)CC2)Oc2ccccc2OCC1O. The first kappa shape index (κ1) is 21.5. The van der Waals surface area contributed by atoms with E-state index in [4.69, 9.17) is 14.2 Å². The fourth-order valence-corrected chi connectivity index (χ4v) is 4.33. The van der Waals surface area contributed by atoms with Crippen LogP contribution in [0, 0.1) is 0 Å². The van der Waals surface area contributed by atoms with Gasteiger partial charge >= 0.3 is 5.97 Å². The predicted molar refractivity (Wildman–Crippen MR) is 118 cm³/mol. The van der Waals surface area contributed by atoms with Gasteiger partial charge in [0.15, 0.2) is 11.5 Å². The van der Waals surface area contributed by atoms with Crippen LogP contribution in [0.25, 0.3) is 0 Å². The summed E-state index contributed by atoms with van der Waals surface area (Å²) in [4.78, 5) is 17.5. The van der Waals surface area contributed by atoms with E-state index in [0.29, 0.717) is 24.3 Å². The van der Waals surface area contributed by atoms with Crippen molar-refractivity contribution in [3.8, 4) is 11.5 Å². The monoisotopic (exact) mass is 426 g/mol. The van der Waals surface area contributed by atoms with Crippen LogP contribution in [0.4, 0.5) is 5.69 Å². The molecule has 1 fully saturated rings. The number of carbonyl (C=O) groups excluding carboxylic acids is 1. The average Bonchev–Trinajstić information content (AvgIpc) is 2.97. The van der Waals surface area contributed by atoms with Crippen molar-refractivity contribution in [1.82, 2.24) is 4.90 Å². The van der Waals surface area contributed by atoms with Crippen LogP contribution in [-0.4, -0.2) is 74.1 Å². The number of anilines is 1. The zero-order valence-corrected chi connectivity index (χ0v) is 17.9. The quantitative estimate of drug-likeness (QED) is 0.711. The minimum Gasteiger partial charge on any atom is -0.487 e. The highest BCUT2D eigenvalue weighted by atomic mass is 16.6. The van der Waals surface area contributed by atoms with Crippen molar-refractivity contribution in [2.75, 3.05) is 51.3 Å². The fourth-order valence-electron chi connectivity index (χ4n) is 4.33. The summed E-state index contributed by atoms with van der Waals surface area (Å²) in [6, 6.07) is 17.6. The highest BCUT2D eigenvalue weighted by Crippen LogP contribution is 2.37. The number of aliphatic hydroxyl groups excluding tert-OH is 1. The van der Waals surface area contributed by atoms with Gasteiger partial charge in [0.05, 0.1) is 7.11 Å². The van der Waals surface area contributed by atoms with Crippen LogP contribution in [0.15, 0.2) is 54.6 Å². The van der Waals surface area contributed by atoms with Crippen LogP contribution in [0.1, 0.15) is 12.8 Å². The van der Waals surface area contributed by atoms with E-state index in [0.717, 1.165) is 32.7 Å². The van der Waals surface area contributed by atoms with Gasteiger partial charge in [-0.05, 0) is 37.2 Å². The molecule has 1 saturated heterocycles. The Kier molecular flexibility index (Phi) is 6.63. The summed E-state index contributed by atoms with van der Waals surface area (Å²) in [6.45, 7) is 4.63. The van der Waals surface area contributed by atoms with Crippen LogP contribution >= 0.6 is 0 Å². The van der Waals surface area contributed by atoms with Gasteiger partial charge in [-0.3, -0.25) is 4.90 Å². The third kappa shape index (κ3) is 4.62. The van der Waals surface area contributed by atoms with Crippen LogP contribution in [-0.2, 0) is 9.53 Å². The third-order valence-corrected chi connectivity index (χ3v) is 6.12. The summed E-state index contributed by atoms with van der Waals surface area (Å²) in [7, 11) is 1.32. The van der Waals surface area contributed by atoms with Gasteiger partial charge in [0.1, 0.15) is 12.7 Å². The number of hydrogen-bond acceptors (Lipinski definition) is 7. The van der Waals surface area contributed by atoms with E-state index in [-0.39, 0.29) is 6.61 Å². The number of rotatable bonds is 6. The summed E-state index contributed by atoms with van der Waals surface area (Å²) in [6.07, 6.45) is -0.0841. The number of hydrogen-bond donors (Lipinski definition) is 1. The highest BCUT2D eigenvalue weighted by Gasteiger charge is 2.51. The smallest absolute Gasteiger partial charge is 0.353 e. The van der Waals surface area contributed by atoms with E-state index in [1.54, 1.807) is 12.1 Å². The number of aliphatic hydroxyl groups is 1. The Morgan fingerprint density at radius 1 is 1.06 bits per heavy atom. The molecule has 4 rings (SSSR count). The van der Waals surface area contributed by atoms with Gasteiger partial charge < -0.3 is 24.2 Å². The molecule has 166 valence electrons. The van der Waals surface area contributed by atoms with Gasteiger partial charge in [-0.25, -0.2) is 4.79 Å². The number of ether oxygens (including phenoxy) is 3. The number of para-hydroxylation sites is 3. The molecule has 7 heteroatoms. The van der Waals surface area contributed by atoms with Crippen LogP contribution in [0.3, 0.4) is 0 Å². The molecule has 0 aliphatic carbocycles. The molecular weight excluding hydrogens is 396 g/mol. The Morgan fingerprint density at radius 2 is 1.74 bits per heavy atom. The van der Waals surface area contributed by atoms with Gasteiger partial charge in [-0.1, -0.05) is 30.3 Å². The number of benzene rings is 2. The molecule has 31 heavy (non-hydrogen) atoms. The molecule has 2 aliphatic heterocycles. The molecular formula is C24H30N2O5. The lowest BCUT2D eigenvalue weighted by atomic mass is 9.90. The van der Waals surface area contributed by atoms with Gasteiger partial charge in [0, 0.05) is 38.3 Å². The molecule has 2 unspecified atom stereocenters. The number of fused-ring (bicyclic) bond motifs is 1. The first-order valence-electron chi connectivity index (χ1n) is 10.8. The molecule has 0 amide bonds. The Morgan fingerprint density at radius 3 is 2.45 bits per heavy atom. The topological polar surface area (TPSA) is 71.5 Å². The summed E-state index contributed by atoms with van der Waals surface area (Å²) in [5.74, 6) is 0.388. The van der Waals surface area contributed by atoms with Crippen LogP contribution in [0.5, 0.6) is 11.5 Å². The molecule has 0 aromatic heterocycles. The molecule has 7 nitrogen and oxygen atoms in total. The molecule has 2 aromatic carbocycles. The van der Waals surface area contributed by atoms with E-state index in [1.807, 2.05) is 18.2 Å². The average molecular weight is 427 g/mol. The molecule has 0 bridgehead atoms. The molecule has 0 saturated carbocycles. The van der Waals surface area contributed by atoms with Gasteiger partial charge in [-0.15, -0.1) is 0 Å².